The van der Waals surface area contributed by atoms with Crippen LogP contribution in [0.25, 0.3) is 0 Å². The van der Waals surface area contributed by atoms with Crippen LogP contribution in [0.15, 0.2) is 53.4 Å². The van der Waals surface area contributed by atoms with Crippen molar-refractivity contribution in [2.45, 2.75) is 43.9 Å². The van der Waals surface area contributed by atoms with Gasteiger partial charge in [-0.2, -0.15) is 0 Å². The van der Waals surface area contributed by atoms with E-state index in [-0.39, 0.29) is 10.6 Å². The lowest BCUT2D eigenvalue weighted by molar-refractivity contribution is -0.117. The van der Waals surface area contributed by atoms with Crippen LogP contribution in [0.3, 0.4) is 0 Å². The predicted octanol–water partition coefficient (Wildman–Crippen LogP) is 3.72. The maximum Gasteiger partial charge on any atom is 0.266 e. The van der Waals surface area contributed by atoms with E-state index in [2.05, 4.69) is 5.32 Å². The van der Waals surface area contributed by atoms with E-state index in [1.165, 1.54) is 50.3 Å². The number of anilines is 1. The van der Waals surface area contributed by atoms with E-state index in [9.17, 15) is 18.0 Å². The van der Waals surface area contributed by atoms with Crippen molar-refractivity contribution >= 4 is 27.5 Å². The Kier molecular flexibility index (Phi) is 7.10. The number of amides is 2. The van der Waals surface area contributed by atoms with E-state index in [1.54, 1.807) is 30.3 Å². The maximum absolute atomic E-state index is 12.7. The highest BCUT2D eigenvalue weighted by atomic mass is 32.2. The molecule has 8 heteroatoms. The second kappa shape index (κ2) is 9.75. The van der Waals surface area contributed by atoms with Crippen LogP contribution in [0.2, 0.25) is 0 Å². The van der Waals surface area contributed by atoms with Gasteiger partial charge >= 0.3 is 0 Å². The zero-order chi connectivity index (χ0) is 21.6. The molecule has 1 aliphatic carbocycles. The van der Waals surface area contributed by atoms with Crippen molar-refractivity contribution < 1.29 is 22.7 Å². The molecule has 2 amide bonds. The molecule has 0 bridgehead atoms. The topological polar surface area (TPSA) is 102 Å². The molecule has 0 spiro atoms. The summed E-state index contributed by atoms with van der Waals surface area (Å²) in [6.45, 7) is 1.74. The van der Waals surface area contributed by atoms with Gasteiger partial charge in [-0.15, -0.1) is 0 Å². The van der Waals surface area contributed by atoms with E-state index in [1.807, 2.05) is 4.72 Å². The quantitative estimate of drug-likeness (QED) is 0.697. The van der Waals surface area contributed by atoms with Gasteiger partial charge in [0.05, 0.1) is 12.3 Å². The lowest BCUT2D eigenvalue weighted by Crippen LogP contribution is -2.29. The van der Waals surface area contributed by atoms with E-state index in [4.69, 9.17) is 4.74 Å². The van der Waals surface area contributed by atoms with Crippen molar-refractivity contribution in [1.82, 2.24) is 4.72 Å². The number of carbonyl (C=O) groups is 2. The number of hydrogen-bond acceptors (Lipinski definition) is 5. The number of carbonyl (C=O) groups excluding carboxylic acids is 2. The first-order chi connectivity index (χ1) is 14.3. The summed E-state index contributed by atoms with van der Waals surface area (Å²) in [6.07, 6.45) is 6.08. The molecule has 0 atom stereocenters. The van der Waals surface area contributed by atoms with Gasteiger partial charge in [0.2, 0.25) is 5.91 Å². The number of benzene rings is 2. The third-order valence-corrected chi connectivity index (χ3v) is 6.50. The van der Waals surface area contributed by atoms with Crippen LogP contribution < -0.4 is 14.8 Å². The largest absolute Gasteiger partial charge is 0.493 e. The summed E-state index contributed by atoms with van der Waals surface area (Å²) in [4.78, 5) is 23.8. The third kappa shape index (κ3) is 5.82. The molecule has 7 nitrogen and oxygen atoms in total. The predicted molar refractivity (Wildman–Crippen MR) is 114 cm³/mol. The lowest BCUT2D eigenvalue weighted by Gasteiger charge is -2.21. The minimum absolute atomic E-state index is 0.0878. The summed E-state index contributed by atoms with van der Waals surface area (Å²) >= 11 is 0. The monoisotopic (exact) mass is 430 g/mol. The number of hydrogen-bond donors (Lipinski definition) is 2. The molecule has 1 aliphatic rings. The molecule has 2 aromatic carbocycles. The maximum atomic E-state index is 12.7. The molecule has 2 aromatic rings. The van der Waals surface area contributed by atoms with Gasteiger partial charge in [-0.05, 0) is 49.1 Å². The third-order valence-electron chi connectivity index (χ3n) is 5.01. The summed E-state index contributed by atoms with van der Waals surface area (Å²) in [5.41, 5.74) is 0.438. The molecule has 0 radical (unpaired) electrons. The highest BCUT2D eigenvalue weighted by Gasteiger charge is 2.21. The molecule has 3 rings (SSSR count). The molecule has 160 valence electrons. The molecule has 0 aliphatic heterocycles. The normalized spacial score (nSPS) is 14.7. The first-order valence-corrected chi connectivity index (χ1v) is 11.5. The minimum Gasteiger partial charge on any atom is -0.493 e. The Labute approximate surface area is 176 Å². The summed E-state index contributed by atoms with van der Waals surface area (Å²) in [5.74, 6) is -0.0306. The van der Waals surface area contributed by atoms with Crippen LogP contribution in [0.4, 0.5) is 5.69 Å². The minimum atomic E-state index is -4.09. The number of para-hydroxylation sites is 1. The van der Waals surface area contributed by atoms with Crippen LogP contribution >= 0.6 is 0 Å². The van der Waals surface area contributed by atoms with Crippen molar-refractivity contribution in [3.8, 4) is 5.75 Å². The molecule has 0 saturated heterocycles. The van der Waals surface area contributed by atoms with Crippen LogP contribution in [0.1, 0.15) is 49.4 Å². The van der Waals surface area contributed by atoms with Crippen molar-refractivity contribution in [1.29, 1.82) is 0 Å². The molecule has 2 N–H and O–H groups in total. The fourth-order valence-corrected chi connectivity index (χ4v) is 4.69. The van der Waals surface area contributed by atoms with Gasteiger partial charge in [-0.3, -0.25) is 9.59 Å². The summed E-state index contributed by atoms with van der Waals surface area (Å²) in [6, 6.07) is 12.7. The summed E-state index contributed by atoms with van der Waals surface area (Å²) in [7, 11) is -4.09. The van der Waals surface area contributed by atoms with E-state index in [0.29, 0.717) is 23.8 Å². The number of sulfonamides is 1. The molecular weight excluding hydrogens is 404 g/mol. The average Bonchev–Trinajstić information content (AvgIpc) is 2.72. The van der Waals surface area contributed by atoms with E-state index in [0.717, 1.165) is 6.92 Å². The van der Waals surface area contributed by atoms with Gasteiger partial charge in [0.1, 0.15) is 10.6 Å². The van der Waals surface area contributed by atoms with Gasteiger partial charge in [0.25, 0.3) is 15.9 Å². The van der Waals surface area contributed by atoms with Crippen LogP contribution in [0, 0.1) is 5.92 Å². The molecule has 0 heterocycles. The Morgan fingerprint density at radius 2 is 1.77 bits per heavy atom. The van der Waals surface area contributed by atoms with Crippen LogP contribution in [-0.4, -0.2) is 26.8 Å². The SMILES string of the molecule is CC(=O)NS(=O)(=O)c1ccccc1NC(=O)c1cccc(OCC2CCCCC2)c1. The average molecular weight is 431 g/mol. The van der Waals surface area contributed by atoms with E-state index >= 15 is 0 Å². The fourth-order valence-electron chi connectivity index (χ4n) is 3.54. The zero-order valence-corrected chi connectivity index (χ0v) is 17.7. The van der Waals surface area contributed by atoms with Gasteiger partial charge in [-0.1, -0.05) is 37.5 Å². The highest BCUT2D eigenvalue weighted by molar-refractivity contribution is 7.90. The Hall–Kier alpha value is -2.87. The smallest absolute Gasteiger partial charge is 0.266 e. The van der Waals surface area contributed by atoms with Crippen molar-refractivity contribution in [3.05, 3.63) is 54.1 Å². The molecule has 0 unspecified atom stereocenters. The Morgan fingerprint density at radius 1 is 1.03 bits per heavy atom. The van der Waals surface area contributed by atoms with Crippen LogP contribution in [0.5, 0.6) is 5.75 Å². The summed E-state index contributed by atoms with van der Waals surface area (Å²) < 4.78 is 32.5. The van der Waals surface area contributed by atoms with Crippen molar-refractivity contribution in [3.63, 3.8) is 0 Å². The Morgan fingerprint density at radius 3 is 2.50 bits per heavy atom. The lowest BCUT2D eigenvalue weighted by atomic mass is 9.90. The van der Waals surface area contributed by atoms with E-state index < -0.39 is 21.8 Å². The van der Waals surface area contributed by atoms with Crippen molar-refractivity contribution in [2.75, 3.05) is 11.9 Å². The summed E-state index contributed by atoms with van der Waals surface area (Å²) in [5, 5.41) is 2.61. The van der Waals surface area contributed by atoms with Crippen LogP contribution in [-0.2, 0) is 14.8 Å². The second-order valence-corrected chi connectivity index (χ2v) is 9.11. The van der Waals surface area contributed by atoms with Gasteiger partial charge in [-0.25, -0.2) is 13.1 Å². The first kappa shape index (κ1) is 21.8. The standard InChI is InChI=1S/C22H26N2O5S/c1-16(25)24-30(27,28)21-13-6-5-12-20(21)23-22(26)18-10-7-11-19(14-18)29-15-17-8-3-2-4-9-17/h5-7,10-14,17H,2-4,8-9,15H2,1H3,(H,23,26)(H,24,25). The Balaban J connectivity index is 1.71. The molecular formula is C22H26N2O5S. The van der Waals surface area contributed by atoms with Gasteiger partial charge in [0.15, 0.2) is 0 Å². The molecule has 1 fully saturated rings. The zero-order valence-electron chi connectivity index (χ0n) is 16.9. The van der Waals surface area contributed by atoms with Gasteiger partial charge < -0.3 is 10.1 Å². The molecule has 0 aromatic heterocycles. The molecule has 30 heavy (non-hydrogen) atoms. The number of ether oxygens (including phenoxy) is 1. The fraction of sp³-hybridized carbons (Fsp3) is 0.364. The van der Waals surface area contributed by atoms with Gasteiger partial charge in [0, 0.05) is 12.5 Å². The number of nitrogens with one attached hydrogen (secondary N) is 2. The van der Waals surface area contributed by atoms with Crippen molar-refractivity contribution in [2.24, 2.45) is 5.92 Å². The Bertz CT molecular complexity index is 1010. The second-order valence-electron chi connectivity index (χ2n) is 7.45. The first-order valence-electron chi connectivity index (χ1n) is 10.0. The molecule has 1 saturated carbocycles. The highest BCUT2D eigenvalue weighted by Crippen LogP contribution is 2.25. The number of rotatable bonds is 7.